The third-order valence-electron chi connectivity index (χ3n) is 4.82. The average molecular weight is 319 g/mol. The van der Waals surface area contributed by atoms with Crippen LogP contribution in [0.5, 0.6) is 0 Å². The second kappa shape index (κ2) is 6.50. The van der Waals surface area contributed by atoms with Crippen LogP contribution in [0, 0.1) is 5.41 Å². The van der Waals surface area contributed by atoms with Gasteiger partial charge in [-0.25, -0.2) is 0 Å². The Morgan fingerprint density at radius 2 is 2.00 bits per heavy atom. The maximum atomic E-state index is 12.3. The summed E-state index contributed by atoms with van der Waals surface area (Å²) >= 11 is 0. The largest absolute Gasteiger partial charge is 0.381 e. The van der Waals surface area contributed by atoms with Crippen molar-refractivity contribution in [2.45, 2.75) is 57.7 Å². The van der Waals surface area contributed by atoms with Crippen molar-refractivity contribution in [2.24, 2.45) is 5.41 Å². The van der Waals surface area contributed by atoms with Crippen LogP contribution < -0.4 is 10.0 Å². The molecule has 0 amide bonds. The molecule has 2 fully saturated rings. The fourth-order valence-corrected chi connectivity index (χ4v) is 4.08. The molecule has 6 nitrogen and oxygen atoms in total. The molecule has 0 aromatic heterocycles. The van der Waals surface area contributed by atoms with Gasteiger partial charge in [-0.2, -0.15) is 17.4 Å². The van der Waals surface area contributed by atoms with Crippen LogP contribution in [0.1, 0.15) is 39.5 Å². The molecular formula is C14H29N3O3S. The van der Waals surface area contributed by atoms with Gasteiger partial charge in [-0.05, 0) is 32.2 Å². The van der Waals surface area contributed by atoms with Gasteiger partial charge < -0.3 is 10.1 Å². The van der Waals surface area contributed by atoms with E-state index in [4.69, 9.17) is 4.74 Å². The molecule has 124 valence electrons. The lowest BCUT2D eigenvalue weighted by Gasteiger charge is -2.51. The van der Waals surface area contributed by atoms with Crippen molar-refractivity contribution in [1.82, 2.24) is 14.3 Å². The molecule has 2 atom stereocenters. The molecule has 2 aliphatic rings. The number of methoxy groups -OCH3 is 1. The molecule has 2 unspecified atom stereocenters. The molecule has 0 aromatic rings. The van der Waals surface area contributed by atoms with Gasteiger partial charge in [0.15, 0.2) is 0 Å². The van der Waals surface area contributed by atoms with Crippen LogP contribution in [-0.4, -0.2) is 58.2 Å². The molecule has 0 bridgehead atoms. The Labute approximate surface area is 128 Å². The highest BCUT2D eigenvalue weighted by atomic mass is 32.2. The SMILES string of the molecule is COC1CC(NS(=O)(=O)N(C)CCCNC2CC2)C1(C)C. The van der Waals surface area contributed by atoms with Crippen molar-refractivity contribution in [2.75, 3.05) is 27.2 Å². The van der Waals surface area contributed by atoms with Crippen molar-refractivity contribution < 1.29 is 13.2 Å². The summed E-state index contributed by atoms with van der Waals surface area (Å²) in [5, 5.41) is 3.39. The Hall–Kier alpha value is -0.210. The Balaban J connectivity index is 1.75. The molecule has 0 aliphatic heterocycles. The Morgan fingerprint density at radius 1 is 1.33 bits per heavy atom. The van der Waals surface area contributed by atoms with Crippen LogP contribution in [0.3, 0.4) is 0 Å². The molecule has 0 heterocycles. The van der Waals surface area contributed by atoms with E-state index < -0.39 is 10.2 Å². The molecule has 2 N–H and O–H groups in total. The zero-order valence-electron chi connectivity index (χ0n) is 13.6. The maximum Gasteiger partial charge on any atom is 0.279 e. The fraction of sp³-hybridized carbons (Fsp3) is 1.00. The number of ether oxygens (including phenoxy) is 1. The highest BCUT2D eigenvalue weighted by Gasteiger charge is 2.50. The number of hydrogen-bond acceptors (Lipinski definition) is 4. The van der Waals surface area contributed by atoms with Crippen LogP contribution in [0.15, 0.2) is 0 Å². The van der Waals surface area contributed by atoms with Gasteiger partial charge in [0.25, 0.3) is 10.2 Å². The second-order valence-corrected chi connectivity index (χ2v) is 8.67. The van der Waals surface area contributed by atoms with Crippen molar-refractivity contribution in [3.63, 3.8) is 0 Å². The zero-order valence-corrected chi connectivity index (χ0v) is 14.4. The summed E-state index contributed by atoms with van der Waals surface area (Å²) in [5.41, 5.74) is -0.157. The molecule has 2 aliphatic carbocycles. The molecule has 21 heavy (non-hydrogen) atoms. The first kappa shape index (κ1) is 17.1. The van der Waals surface area contributed by atoms with E-state index in [0.717, 1.165) is 19.4 Å². The van der Waals surface area contributed by atoms with Gasteiger partial charge >= 0.3 is 0 Å². The van der Waals surface area contributed by atoms with E-state index in [1.165, 1.54) is 17.1 Å². The Bertz CT molecular complexity index is 448. The van der Waals surface area contributed by atoms with E-state index >= 15 is 0 Å². The number of nitrogens with zero attached hydrogens (tertiary/aromatic N) is 1. The van der Waals surface area contributed by atoms with Crippen molar-refractivity contribution in [1.29, 1.82) is 0 Å². The van der Waals surface area contributed by atoms with E-state index in [1.807, 2.05) is 13.8 Å². The minimum atomic E-state index is -3.41. The van der Waals surface area contributed by atoms with Gasteiger partial charge in [0.05, 0.1) is 6.10 Å². The molecule has 2 saturated carbocycles. The molecular weight excluding hydrogens is 290 g/mol. The van der Waals surface area contributed by atoms with E-state index in [-0.39, 0.29) is 17.6 Å². The topological polar surface area (TPSA) is 70.7 Å². The van der Waals surface area contributed by atoms with Crippen LogP contribution in [0.4, 0.5) is 0 Å². The molecule has 7 heteroatoms. The second-order valence-electron chi connectivity index (χ2n) is 6.86. The van der Waals surface area contributed by atoms with Gasteiger partial charge in [-0.1, -0.05) is 13.8 Å². The molecule has 0 spiro atoms. The van der Waals surface area contributed by atoms with E-state index in [0.29, 0.717) is 12.6 Å². The third-order valence-corrected chi connectivity index (χ3v) is 6.41. The summed E-state index contributed by atoms with van der Waals surface area (Å²) in [6.45, 7) is 5.50. The first-order valence-corrected chi connectivity index (χ1v) is 9.21. The van der Waals surface area contributed by atoms with Crippen molar-refractivity contribution in [3.8, 4) is 0 Å². The fourth-order valence-electron chi connectivity index (χ4n) is 2.77. The molecule has 2 rings (SSSR count). The summed E-state index contributed by atoms with van der Waals surface area (Å²) in [6.07, 6.45) is 4.21. The lowest BCUT2D eigenvalue weighted by molar-refractivity contribution is -0.0911. The van der Waals surface area contributed by atoms with Crippen LogP contribution >= 0.6 is 0 Å². The predicted molar refractivity (Wildman–Crippen MR) is 83.3 cm³/mol. The minimum Gasteiger partial charge on any atom is -0.381 e. The van der Waals surface area contributed by atoms with E-state index in [9.17, 15) is 8.42 Å². The van der Waals surface area contributed by atoms with Gasteiger partial charge in [-0.15, -0.1) is 0 Å². The lowest BCUT2D eigenvalue weighted by atomic mass is 9.65. The van der Waals surface area contributed by atoms with Crippen LogP contribution in [0.25, 0.3) is 0 Å². The minimum absolute atomic E-state index is 0.0560. The summed E-state index contributed by atoms with van der Waals surface area (Å²) < 4.78 is 34.2. The van der Waals surface area contributed by atoms with Gasteiger partial charge in [-0.3, -0.25) is 0 Å². The standard InChI is InChI=1S/C14H29N3O3S/c1-14(2)12(10-13(14)20-4)16-21(18,19)17(3)9-5-8-15-11-6-7-11/h11-13,15-16H,5-10H2,1-4H3. The number of rotatable bonds is 9. The van der Waals surface area contributed by atoms with Crippen LogP contribution in [0.2, 0.25) is 0 Å². The monoisotopic (exact) mass is 319 g/mol. The summed E-state index contributed by atoms with van der Waals surface area (Å²) in [6, 6.07) is 0.617. The first-order chi connectivity index (χ1) is 9.77. The Morgan fingerprint density at radius 3 is 2.52 bits per heavy atom. The number of hydrogen-bond donors (Lipinski definition) is 2. The van der Waals surface area contributed by atoms with E-state index in [1.54, 1.807) is 14.2 Å². The van der Waals surface area contributed by atoms with Gasteiger partial charge in [0.2, 0.25) is 0 Å². The van der Waals surface area contributed by atoms with Gasteiger partial charge in [0, 0.05) is 38.2 Å². The molecule has 0 aromatic carbocycles. The third kappa shape index (κ3) is 4.16. The number of nitrogens with one attached hydrogen (secondary N) is 2. The molecule has 0 saturated heterocycles. The maximum absolute atomic E-state index is 12.3. The Kier molecular flexibility index (Phi) is 5.31. The highest BCUT2D eigenvalue weighted by molar-refractivity contribution is 7.87. The summed E-state index contributed by atoms with van der Waals surface area (Å²) in [4.78, 5) is 0. The van der Waals surface area contributed by atoms with Crippen LogP contribution in [-0.2, 0) is 14.9 Å². The van der Waals surface area contributed by atoms with Gasteiger partial charge in [0.1, 0.15) is 0 Å². The normalized spacial score (nSPS) is 28.6. The lowest BCUT2D eigenvalue weighted by Crippen LogP contribution is -2.63. The average Bonchev–Trinajstić information content (AvgIpc) is 3.22. The first-order valence-electron chi connectivity index (χ1n) is 7.77. The highest BCUT2D eigenvalue weighted by Crippen LogP contribution is 2.42. The van der Waals surface area contributed by atoms with Crippen molar-refractivity contribution >= 4 is 10.2 Å². The summed E-state index contributed by atoms with van der Waals surface area (Å²) in [7, 11) is -0.0936. The zero-order chi connectivity index (χ0) is 15.7. The van der Waals surface area contributed by atoms with Crippen molar-refractivity contribution in [3.05, 3.63) is 0 Å². The predicted octanol–water partition coefficient (Wildman–Crippen LogP) is 0.708. The molecule has 0 radical (unpaired) electrons. The summed E-state index contributed by atoms with van der Waals surface area (Å²) in [5.74, 6) is 0. The smallest absolute Gasteiger partial charge is 0.279 e. The van der Waals surface area contributed by atoms with E-state index in [2.05, 4.69) is 10.0 Å². The quantitative estimate of drug-likeness (QED) is 0.614.